The fraction of sp³-hybridized carbons (Fsp3) is 0.389. The van der Waals surface area contributed by atoms with Gasteiger partial charge in [0.1, 0.15) is 0 Å². The molecule has 1 aromatic heterocycles. The Bertz CT molecular complexity index is 765. The highest BCUT2D eigenvalue weighted by atomic mass is 16.4. The van der Waals surface area contributed by atoms with Crippen LogP contribution in [-0.4, -0.2) is 26.8 Å². The fourth-order valence-electron chi connectivity index (χ4n) is 2.87. The maximum atomic E-state index is 12.5. The van der Waals surface area contributed by atoms with Gasteiger partial charge in [-0.3, -0.25) is 14.3 Å². The highest BCUT2D eigenvalue weighted by molar-refractivity contribution is 5.80. The number of aromatic nitrogens is 2. The van der Waals surface area contributed by atoms with Gasteiger partial charge in [0.05, 0.1) is 24.6 Å². The summed E-state index contributed by atoms with van der Waals surface area (Å²) in [7, 11) is 1.84. The zero-order valence-electron chi connectivity index (χ0n) is 14.5. The van der Waals surface area contributed by atoms with Crippen LogP contribution in [0.15, 0.2) is 24.3 Å². The molecule has 1 heterocycles. The topological polar surface area (TPSA) is 84.2 Å². The number of benzene rings is 1. The lowest BCUT2D eigenvalue weighted by atomic mass is 9.98. The van der Waals surface area contributed by atoms with Gasteiger partial charge in [0, 0.05) is 18.3 Å². The van der Waals surface area contributed by atoms with E-state index >= 15 is 0 Å². The molecule has 0 spiro atoms. The van der Waals surface area contributed by atoms with Gasteiger partial charge >= 0.3 is 5.97 Å². The molecular weight excluding hydrogens is 306 g/mol. The van der Waals surface area contributed by atoms with E-state index in [1.807, 2.05) is 52.1 Å². The van der Waals surface area contributed by atoms with Crippen molar-refractivity contribution in [1.82, 2.24) is 15.1 Å². The molecule has 0 radical (unpaired) electrons. The van der Waals surface area contributed by atoms with Crippen LogP contribution in [0.1, 0.15) is 40.5 Å². The van der Waals surface area contributed by atoms with Crippen LogP contribution in [0.2, 0.25) is 0 Å². The van der Waals surface area contributed by atoms with Crippen LogP contribution in [0, 0.1) is 20.8 Å². The van der Waals surface area contributed by atoms with Crippen LogP contribution in [0.4, 0.5) is 0 Å². The first-order valence-corrected chi connectivity index (χ1v) is 7.85. The van der Waals surface area contributed by atoms with Gasteiger partial charge in [0.2, 0.25) is 5.91 Å². The Morgan fingerprint density at radius 2 is 1.92 bits per heavy atom. The van der Waals surface area contributed by atoms with Gasteiger partial charge in [-0.15, -0.1) is 0 Å². The van der Waals surface area contributed by atoms with E-state index in [1.165, 1.54) is 0 Å². The van der Waals surface area contributed by atoms with Gasteiger partial charge in [-0.05, 0) is 31.9 Å². The number of carboxylic acid groups (broad SMARTS) is 1. The molecule has 2 rings (SSSR count). The predicted molar refractivity (Wildman–Crippen MR) is 90.7 cm³/mol. The molecule has 0 fully saturated rings. The smallest absolute Gasteiger partial charge is 0.305 e. The van der Waals surface area contributed by atoms with E-state index < -0.39 is 12.0 Å². The third-order valence-corrected chi connectivity index (χ3v) is 4.27. The van der Waals surface area contributed by atoms with Crippen LogP contribution in [-0.2, 0) is 23.1 Å². The number of nitrogens with one attached hydrogen (secondary N) is 1. The molecule has 0 aliphatic carbocycles. The second-order valence-electron chi connectivity index (χ2n) is 6.02. The van der Waals surface area contributed by atoms with Crippen molar-refractivity contribution in [2.75, 3.05) is 0 Å². The number of aryl methyl sites for hydroxylation is 3. The molecule has 1 amide bonds. The number of hydrogen-bond acceptors (Lipinski definition) is 3. The number of carbonyl (C=O) groups excluding carboxylic acids is 1. The second kappa shape index (κ2) is 7.29. The second-order valence-corrected chi connectivity index (χ2v) is 6.02. The molecule has 6 heteroatoms. The van der Waals surface area contributed by atoms with Crippen LogP contribution in [0.5, 0.6) is 0 Å². The van der Waals surface area contributed by atoms with Gasteiger partial charge in [-0.25, -0.2) is 0 Å². The number of amides is 1. The highest BCUT2D eigenvalue weighted by Gasteiger charge is 2.21. The van der Waals surface area contributed by atoms with E-state index in [0.29, 0.717) is 0 Å². The van der Waals surface area contributed by atoms with Gasteiger partial charge in [0.25, 0.3) is 0 Å². The van der Waals surface area contributed by atoms with Crippen LogP contribution < -0.4 is 5.32 Å². The average Bonchev–Trinajstić information content (AvgIpc) is 2.73. The maximum Gasteiger partial charge on any atom is 0.305 e. The largest absolute Gasteiger partial charge is 0.481 e. The van der Waals surface area contributed by atoms with Crippen LogP contribution in [0.25, 0.3) is 0 Å². The zero-order valence-corrected chi connectivity index (χ0v) is 14.5. The lowest BCUT2D eigenvalue weighted by Gasteiger charge is -2.19. The molecule has 24 heavy (non-hydrogen) atoms. The summed E-state index contributed by atoms with van der Waals surface area (Å²) in [4.78, 5) is 23.6. The highest BCUT2D eigenvalue weighted by Crippen LogP contribution is 2.21. The SMILES string of the molecule is Cc1ccccc1C(CC(=O)O)NC(=O)Cc1c(C)nn(C)c1C. The zero-order chi connectivity index (χ0) is 17.9. The summed E-state index contributed by atoms with van der Waals surface area (Å²) in [5, 5.41) is 16.3. The first-order chi connectivity index (χ1) is 11.3. The summed E-state index contributed by atoms with van der Waals surface area (Å²) in [6, 6.07) is 6.95. The third-order valence-electron chi connectivity index (χ3n) is 4.27. The molecule has 1 atom stereocenters. The summed E-state index contributed by atoms with van der Waals surface area (Å²) in [5.74, 6) is -1.15. The fourth-order valence-corrected chi connectivity index (χ4v) is 2.87. The first kappa shape index (κ1) is 17.7. The summed E-state index contributed by atoms with van der Waals surface area (Å²) in [6.45, 7) is 5.69. The normalized spacial score (nSPS) is 12.0. The summed E-state index contributed by atoms with van der Waals surface area (Å²) >= 11 is 0. The predicted octanol–water partition coefficient (Wildman–Crippen LogP) is 2.22. The number of carboxylic acids is 1. The molecule has 1 aromatic carbocycles. The molecule has 6 nitrogen and oxygen atoms in total. The molecule has 0 saturated heterocycles. The van der Waals surface area contributed by atoms with Crippen LogP contribution >= 0.6 is 0 Å². The molecule has 0 aliphatic rings. The van der Waals surface area contributed by atoms with Crippen molar-refractivity contribution in [3.63, 3.8) is 0 Å². The average molecular weight is 329 g/mol. The van der Waals surface area contributed by atoms with E-state index in [0.717, 1.165) is 28.1 Å². The van der Waals surface area contributed by atoms with Crippen molar-refractivity contribution < 1.29 is 14.7 Å². The third kappa shape index (κ3) is 4.01. The maximum absolute atomic E-state index is 12.5. The van der Waals surface area contributed by atoms with Gasteiger partial charge in [-0.2, -0.15) is 5.10 Å². The molecule has 128 valence electrons. The Balaban J connectivity index is 2.19. The Hall–Kier alpha value is -2.63. The first-order valence-electron chi connectivity index (χ1n) is 7.85. The molecule has 0 aliphatic heterocycles. The molecule has 0 bridgehead atoms. The van der Waals surface area contributed by atoms with Crippen LogP contribution in [0.3, 0.4) is 0 Å². The minimum atomic E-state index is -0.947. The van der Waals surface area contributed by atoms with Crippen molar-refractivity contribution >= 4 is 11.9 Å². The van der Waals surface area contributed by atoms with E-state index in [-0.39, 0.29) is 18.7 Å². The van der Waals surface area contributed by atoms with E-state index in [1.54, 1.807) is 4.68 Å². The molecule has 2 N–H and O–H groups in total. The minimum absolute atomic E-state index is 0.151. The van der Waals surface area contributed by atoms with E-state index in [2.05, 4.69) is 10.4 Å². The summed E-state index contributed by atoms with van der Waals surface area (Å²) in [5.41, 5.74) is 4.42. The standard InChI is InChI=1S/C18H23N3O3/c1-11-7-5-6-8-14(11)16(10-18(23)24)19-17(22)9-15-12(2)20-21(4)13(15)3/h5-8,16H,9-10H2,1-4H3,(H,19,22)(H,23,24). The lowest BCUT2D eigenvalue weighted by Crippen LogP contribution is -2.32. The van der Waals surface area contributed by atoms with Crippen molar-refractivity contribution in [1.29, 1.82) is 0 Å². The summed E-state index contributed by atoms with van der Waals surface area (Å²) < 4.78 is 1.74. The monoisotopic (exact) mass is 329 g/mol. The quantitative estimate of drug-likeness (QED) is 0.851. The molecule has 1 unspecified atom stereocenters. The molecule has 0 saturated carbocycles. The van der Waals surface area contributed by atoms with Crippen molar-refractivity contribution in [2.45, 2.75) is 39.7 Å². The number of nitrogens with zero attached hydrogens (tertiary/aromatic N) is 2. The Morgan fingerprint density at radius 1 is 1.25 bits per heavy atom. The Morgan fingerprint density at radius 3 is 2.46 bits per heavy atom. The van der Waals surface area contributed by atoms with Crippen molar-refractivity contribution in [2.24, 2.45) is 7.05 Å². The molecule has 2 aromatic rings. The van der Waals surface area contributed by atoms with Gasteiger partial charge in [-0.1, -0.05) is 24.3 Å². The number of rotatable bonds is 6. The van der Waals surface area contributed by atoms with Gasteiger partial charge < -0.3 is 10.4 Å². The lowest BCUT2D eigenvalue weighted by molar-refractivity contribution is -0.137. The van der Waals surface area contributed by atoms with E-state index in [9.17, 15) is 9.59 Å². The van der Waals surface area contributed by atoms with Crippen molar-refractivity contribution in [3.8, 4) is 0 Å². The summed E-state index contributed by atoms with van der Waals surface area (Å²) in [6.07, 6.45) is 0.0368. The number of hydrogen-bond donors (Lipinski definition) is 2. The minimum Gasteiger partial charge on any atom is -0.481 e. The van der Waals surface area contributed by atoms with E-state index in [4.69, 9.17) is 5.11 Å². The number of aliphatic carboxylic acids is 1. The number of carbonyl (C=O) groups is 2. The van der Waals surface area contributed by atoms with Gasteiger partial charge in [0.15, 0.2) is 0 Å². The molecular formula is C18H23N3O3. The Labute approximate surface area is 141 Å². The van der Waals surface area contributed by atoms with Crippen molar-refractivity contribution in [3.05, 3.63) is 52.3 Å². The Kier molecular flexibility index (Phi) is 5.39.